The molecule has 2 aliphatic rings. The number of carbonyl (C=O) groups is 1. The van der Waals surface area contributed by atoms with Crippen LogP contribution in [-0.4, -0.2) is 61.1 Å². The van der Waals surface area contributed by atoms with E-state index in [0.717, 1.165) is 60.0 Å². The van der Waals surface area contributed by atoms with Gasteiger partial charge in [-0.3, -0.25) is 4.79 Å². The Hall–Kier alpha value is -3.80. The predicted octanol–water partition coefficient (Wildman–Crippen LogP) is 4.48. The molecule has 0 radical (unpaired) electrons. The van der Waals surface area contributed by atoms with E-state index in [1.54, 1.807) is 13.1 Å². The molecule has 1 aromatic carbocycles. The minimum Gasteiger partial charge on any atom is -0.486 e. The van der Waals surface area contributed by atoms with Crippen molar-refractivity contribution in [1.29, 1.82) is 0 Å². The van der Waals surface area contributed by atoms with E-state index >= 15 is 0 Å². The molecular formula is C27H31N7O4S. The fourth-order valence-electron chi connectivity index (χ4n) is 5.31. The molecule has 204 valence electrons. The van der Waals surface area contributed by atoms with Gasteiger partial charge in [-0.1, -0.05) is 11.8 Å². The topological polar surface area (TPSA) is 134 Å². The van der Waals surface area contributed by atoms with Gasteiger partial charge in [-0.05, 0) is 51.2 Å². The highest BCUT2D eigenvalue weighted by molar-refractivity contribution is 7.99. The first-order valence-corrected chi connectivity index (χ1v) is 14.1. The van der Waals surface area contributed by atoms with Gasteiger partial charge in [0.05, 0.1) is 11.8 Å². The first-order chi connectivity index (χ1) is 19.0. The number of likely N-dealkylation sites (tertiary alicyclic amines) is 1. The Morgan fingerprint density at radius 1 is 1.15 bits per heavy atom. The second-order valence-corrected chi connectivity index (χ2v) is 10.9. The van der Waals surface area contributed by atoms with Gasteiger partial charge < -0.3 is 29.1 Å². The summed E-state index contributed by atoms with van der Waals surface area (Å²) >= 11 is 1.48. The Morgan fingerprint density at radius 2 is 1.97 bits per heavy atom. The zero-order valence-electron chi connectivity index (χ0n) is 22.1. The lowest BCUT2D eigenvalue weighted by Gasteiger charge is -2.23. The minimum absolute atomic E-state index is 0.167. The number of fused-ring (bicyclic) bond motifs is 2. The predicted molar refractivity (Wildman–Crippen MR) is 146 cm³/mol. The molecule has 11 nitrogen and oxygen atoms in total. The molecular weight excluding hydrogens is 518 g/mol. The molecule has 0 aliphatic carbocycles. The first-order valence-electron chi connectivity index (χ1n) is 13.3. The maximum atomic E-state index is 12.0. The van der Waals surface area contributed by atoms with Gasteiger partial charge in [-0.25, -0.2) is 19.9 Å². The summed E-state index contributed by atoms with van der Waals surface area (Å²) in [6.45, 7) is 6.08. The van der Waals surface area contributed by atoms with Crippen LogP contribution in [0.5, 0.6) is 11.5 Å². The van der Waals surface area contributed by atoms with E-state index < -0.39 is 0 Å². The number of carbonyl (C=O) groups excluding carboxylic acids is 1. The highest BCUT2D eigenvalue weighted by atomic mass is 32.2. The number of amides is 1. The van der Waals surface area contributed by atoms with Gasteiger partial charge in [0.15, 0.2) is 33.6 Å². The first kappa shape index (κ1) is 25.5. The SMILES string of the molecule is CC(=O)N1CCCC1CCCCn1c(Sc2cc3c(cc2-c2ncc(C)o2)OCCO3)nc2c(N)ncnc21. The van der Waals surface area contributed by atoms with Gasteiger partial charge in [-0.2, -0.15) is 0 Å². The third kappa shape index (κ3) is 5.12. The molecule has 2 N–H and O–H groups in total. The highest BCUT2D eigenvalue weighted by Crippen LogP contribution is 2.44. The molecule has 39 heavy (non-hydrogen) atoms. The van der Waals surface area contributed by atoms with Gasteiger partial charge in [-0.15, -0.1) is 0 Å². The molecule has 0 spiro atoms. The molecule has 1 amide bonds. The molecule has 0 saturated carbocycles. The molecule has 6 rings (SSSR count). The molecule has 3 aromatic heterocycles. The zero-order valence-corrected chi connectivity index (χ0v) is 22.9. The number of ether oxygens (including phenoxy) is 2. The average molecular weight is 550 g/mol. The summed E-state index contributed by atoms with van der Waals surface area (Å²) in [4.78, 5) is 32.8. The molecule has 4 aromatic rings. The molecule has 2 aliphatic heterocycles. The van der Waals surface area contributed by atoms with Gasteiger partial charge in [0.2, 0.25) is 11.8 Å². The van der Waals surface area contributed by atoms with Crippen molar-refractivity contribution in [3.05, 3.63) is 30.4 Å². The second kappa shape index (κ2) is 10.8. The fourth-order valence-corrected chi connectivity index (χ4v) is 6.36. The summed E-state index contributed by atoms with van der Waals surface area (Å²) in [5.74, 6) is 3.06. The van der Waals surface area contributed by atoms with E-state index in [4.69, 9.17) is 24.6 Å². The van der Waals surface area contributed by atoms with Crippen molar-refractivity contribution in [2.75, 3.05) is 25.5 Å². The number of anilines is 1. The van der Waals surface area contributed by atoms with Crippen molar-refractivity contribution in [2.45, 2.75) is 68.6 Å². The molecule has 12 heteroatoms. The lowest BCUT2D eigenvalue weighted by atomic mass is 10.1. The van der Waals surface area contributed by atoms with E-state index in [1.165, 1.54) is 18.1 Å². The Labute approximate surface area is 230 Å². The standard InChI is InChI=1S/C27H31N7O4S/c1-16-14-29-26(38-16)19-12-20-21(37-11-10-36-20)13-22(19)39-27-32-23-24(28)30-15-31-25(23)34(27)8-4-3-6-18-7-5-9-33(18)17(2)35/h12-15,18H,3-11H2,1-2H3,(H2,28,30,31). The molecule has 0 bridgehead atoms. The average Bonchev–Trinajstić information content (AvgIpc) is 3.66. The number of hydrogen-bond donors (Lipinski definition) is 1. The Balaban J connectivity index is 1.30. The lowest BCUT2D eigenvalue weighted by Crippen LogP contribution is -2.33. The van der Waals surface area contributed by atoms with Crippen molar-refractivity contribution in [3.63, 3.8) is 0 Å². The largest absolute Gasteiger partial charge is 0.486 e. The number of benzene rings is 1. The quantitative estimate of drug-likeness (QED) is 0.314. The smallest absolute Gasteiger partial charge is 0.227 e. The third-order valence-corrected chi connectivity index (χ3v) is 8.23. The van der Waals surface area contributed by atoms with Crippen LogP contribution in [-0.2, 0) is 11.3 Å². The number of rotatable bonds is 8. The van der Waals surface area contributed by atoms with E-state index in [-0.39, 0.29) is 5.91 Å². The Morgan fingerprint density at radius 3 is 2.74 bits per heavy atom. The van der Waals surface area contributed by atoms with Crippen molar-refractivity contribution in [1.82, 2.24) is 29.4 Å². The molecule has 1 fully saturated rings. The van der Waals surface area contributed by atoms with Crippen LogP contribution in [0.3, 0.4) is 0 Å². The zero-order chi connectivity index (χ0) is 26.9. The molecule has 1 unspecified atom stereocenters. The summed E-state index contributed by atoms with van der Waals surface area (Å²) in [6, 6.07) is 4.19. The Bertz CT molecular complexity index is 1520. The normalized spacial score (nSPS) is 16.8. The second-order valence-electron chi connectivity index (χ2n) is 9.85. The highest BCUT2D eigenvalue weighted by Gasteiger charge is 2.26. The summed E-state index contributed by atoms with van der Waals surface area (Å²) in [7, 11) is 0. The third-order valence-electron chi connectivity index (χ3n) is 7.17. The van der Waals surface area contributed by atoms with Crippen molar-refractivity contribution in [2.24, 2.45) is 0 Å². The van der Waals surface area contributed by atoms with E-state index in [9.17, 15) is 4.79 Å². The number of nitrogens with two attached hydrogens (primary N) is 1. The number of aromatic nitrogens is 5. The summed E-state index contributed by atoms with van der Waals surface area (Å²) < 4.78 is 19.7. The maximum Gasteiger partial charge on any atom is 0.227 e. The summed E-state index contributed by atoms with van der Waals surface area (Å²) in [6.07, 6.45) is 8.21. The Kier molecular flexibility index (Phi) is 7.03. The van der Waals surface area contributed by atoms with Crippen LogP contribution in [0, 0.1) is 6.92 Å². The van der Waals surface area contributed by atoms with Crippen LogP contribution >= 0.6 is 11.8 Å². The van der Waals surface area contributed by atoms with Crippen molar-refractivity contribution in [3.8, 4) is 23.0 Å². The van der Waals surface area contributed by atoms with Crippen LogP contribution in [0.4, 0.5) is 5.82 Å². The van der Waals surface area contributed by atoms with Gasteiger partial charge in [0, 0.05) is 31.0 Å². The van der Waals surface area contributed by atoms with E-state index in [1.807, 2.05) is 24.0 Å². The number of imidazole rings is 1. The maximum absolute atomic E-state index is 12.0. The lowest BCUT2D eigenvalue weighted by molar-refractivity contribution is -0.129. The van der Waals surface area contributed by atoms with Gasteiger partial charge >= 0.3 is 0 Å². The fraction of sp³-hybridized carbons (Fsp3) is 0.444. The van der Waals surface area contributed by atoms with E-state index in [2.05, 4.69) is 19.5 Å². The molecule has 1 atom stereocenters. The van der Waals surface area contributed by atoms with E-state index in [0.29, 0.717) is 60.2 Å². The van der Waals surface area contributed by atoms with Crippen LogP contribution in [0.25, 0.3) is 22.6 Å². The number of aryl methyl sites for hydroxylation is 2. The number of hydrogen-bond acceptors (Lipinski definition) is 10. The van der Waals surface area contributed by atoms with Gasteiger partial charge in [0.1, 0.15) is 25.3 Å². The monoisotopic (exact) mass is 549 g/mol. The van der Waals surface area contributed by atoms with Crippen LogP contribution in [0.15, 0.2) is 39.1 Å². The number of oxazole rings is 1. The molecule has 1 saturated heterocycles. The van der Waals surface area contributed by atoms with Crippen LogP contribution in [0.2, 0.25) is 0 Å². The summed E-state index contributed by atoms with van der Waals surface area (Å²) in [5, 5.41) is 0.740. The molecule has 5 heterocycles. The van der Waals surface area contributed by atoms with Crippen molar-refractivity contribution < 1.29 is 18.7 Å². The number of unbranched alkanes of at least 4 members (excludes halogenated alkanes) is 1. The van der Waals surface area contributed by atoms with Crippen LogP contribution < -0.4 is 15.2 Å². The van der Waals surface area contributed by atoms with Crippen LogP contribution in [0.1, 0.15) is 44.8 Å². The van der Waals surface area contributed by atoms with Crippen molar-refractivity contribution >= 4 is 34.7 Å². The number of nitrogens with zero attached hydrogens (tertiary/aromatic N) is 6. The van der Waals surface area contributed by atoms with Gasteiger partial charge in [0.25, 0.3) is 0 Å². The number of nitrogen functional groups attached to an aromatic ring is 1. The summed E-state index contributed by atoms with van der Waals surface area (Å²) in [5.41, 5.74) is 8.26. The minimum atomic E-state index is 0.167.